The van der Waals surface area contributed by atoms with Crippen molar-refractivity contribution in [3.05, 3.63) is 18.1 Å². The second-order valence-corrected chi connectivity index (χ2v) is 3.72. The highest BCUT2D eigenvalue weighted by Crippen LogP contribution is 2.14. The Morgan fingerprint density at radius 1 is 1.28 bits per heavy atom. The van der Waals surface area contributed by atoms with Gasteiger partial charge < -0.3 is 10.0 Å². The van der Waals surface area contributed by atoms with Crippen LogP contribution >= 0.6 is 0 Å². The first-order valence-electron chi connectivity index (χ1n) is 6.21. The van der Waals surface area contributed by atoms with Crippen LogP contribution in [-0.2, 0) is 0 Å². The van der Waals surface area contributed by atoms with Crippen molar-refractivity contribution in [3.63, 3.8) is 0 Å². The average Bonchev–Trinajstić information content (AvgIpc) is 2.79. The summed E-state index contributed by atoms with van der Waals surface area (Å²) >= 11 is 0. The number of hydrogen-bond donors (Lipinski definition) is 1. The Hall–Kier alpha value is -1.69. The Balaban J connectivity index is 0.000000492. The summed E-state index contributed by atoms with van der Waals surface area (Å²) in [4.78, 5) is 10.6. The lowest BCUT2D eigenvalue weighted by molar-refractivity contribution is 0.318. The summed E-state index contributed by atoms with van der Waals surface area (Å²) in [6.07, 6.45) is 1.54. The highest BCUT2D eigenvalue weighted by molar-refractivity contribution is 5.46. The fourth-order valence-corrected chi connectivity index (χ4v) is 1.68. The maximum Gasteiger partial charge on any atom is 0.254 e. The highest BCUT2D eigenvalue weighted by atomic mass is 16.2. The third-order valence-electron chi connectivity index (χ3n) is 2.45. The number of anilines is 1. The topological polar surface area (TPSA) is 66.6 Å². The summed E-state index contributed by atoms with van der Waals surface area (Å²) in [6.45, 7) is 10.1. The number of aliphatic hydroxyl groups is 1. The molecule has 0 saturated heterocycles. The molecule has 0 saturated carbocycles. The zero-order valence-corrected chi connectivity index (χ0v) is 11.5. The van der Waals surface area contributed by atoms with Gasteiger partial charge in [0.05, 0.1) is 0 Å². The molecule has 0 spiro atoms. The molecule has 0 aliphatic carbocycles. The highest BCUT2D eigenvalue weighted by Gasteiger charge is 2.09. The van der Waals surface area contributed by atoms with E-state index < -0.39 is 0 Å². The largest absolute Gasteiger partial charge is 0.397 e. The van der Waals surface area contributed by atoms with Crippen LogP contribution in [-0.4, -0.2) is 44.4 Å². The molecule has 2 rings (SSSR count). The monoisotopic (exact) mass is 251 g/mol. The molecule has 2 aromatic rings. The summed E-state index contributed by atoms with van der Waals surface area (Å²) in [6, 6.07) is 2.04. The molecule has 6 heteroatoms. The number of hydrogen-bond acceptors (Lipinski definition) is 5. The van der Waals surface area contributed by atoms with Crippen molar-refractivity contribution in [2.24, 2.45) is 0 Å². The van der Waals surface area contributed by atoms with Gasteiger partial charge in [-0.25, -0.2) is 4.98 Å². The Labute approximate surface area is 107 Å². The number of aliphatic hydroxyl groups excluding tert-OH is 1. The predicted molar refractivity (Wildman–Crippen MR) is 71.8 cm³/mol. The molecule has 1 N–H and O–H groups in total. The molecule has 0 aliphatic rings. The molecule has 18 heavy (non-hydrogen) atoms. The molecule has 0 fully saturated rings. The molecule has 0 bridgehead atoms. The number of nitrogens with zero attached hydrogens (tertiary/aromatic N) is 5. The number of fused-ring (bicyclic) bond motifs is 1. The van der Waals surface area contributed by atoms with E-state index in [2.05, 4.69) is 33.8 Å². The summed E-state index contributed by atoms with van der Waals surface area (Å²) < 4.78 is 1.78. The van der Waals surface area contributed by atoms with Crippen LogP contribution in [0.4, 0.5) is 5.82 Å². The third kappa shape index (κ3) is 3.16. The Kier molecular flexibility index (Phi) is 5.51. The molecule has 2 heterocycles. The minimum absolute atomic E-state index is 0.250. The van der Waals surface area contributed by atoms with Crippen LogP contribution in [0.25, 0.3) is 5.78 Å². The van der Waals surface area contributed by atoms with Crippen molar-refractivity contribution in [2.45, 2.75) is 27.7 Å². The van der Waals surface area contributed by atoms with Crippen LogP contribution in [0, 0.1) is 6.92 Å². The van der Waals surface area contributed by atoms with Crippen molar-refractivity contribution in [1.82, 2.24) is 19.6 Å². The minimum Gasteiger partial charge on any atom is -0.397 e. The van der Waals surface area contributed by atoms with Crippen LogP contribution in [0.5, 0.6) is 0 Å². The predicted octanol–water partition coefficient (Wildman–Crippen LogP) is 1.28. The van der Waals surface area contributed by atoms with E-state index in [9.17, 15) is 0 Å². The van der Waals surface area contributed by atoms with E-state index in [0.29, 0.717) is 5.78 Å². The molecule has 0 amide bonds. The van der Waals surface area contributed by atoms with E-state index in [1.807, 2.05) is 13.0 Å². The first-order valence-corrected chi connectivity index (χ1v) is 6.21. The standard InChI is InChI=1S/C10H15N5.C2H6O/c1-4-14(5-2)9-6-8(3)13-10-11-7-12-15(9)10;1-2-3/h6-7H,4-5H2,1-3H3;3H,2H2,1H3. The van der Waals surface area contributed by atoms with Crippen LogP contribution in [0.3, 0.4) is 0 Å². The van der Waals surface area contributed by atoms with Crippen LogP contribution in [0.2, 0.25) is 0 Å². The number of rotatable bonds is 3. The second-order valence-electron chi connectivity index (χ2n) is 3.72. The molecular weight excluding hydrogens is 230 g/mol. The van der Waals surface area contributed by atoms with Crippen molar-refractivity contribution >= 4 is 11.6 Å². The van der Waals surface area contributed by atoms with E-state index >= 15 is 0 Å². The summed E-state index contributed by atoms with van der Waals surface area (Å²) in [5.41, 5.74) is 0.970. The Bertz CT molecular complexity index is 478. The minimum atomic E-state index is 0.250. The van der Waals surface area contributed by atoms with E-state index in [-0.39, 0.29) is 6.61 Å². The molecular formula is C12H21N5O. The maximum absolute atomic E-state index is 7.57. The SMILES string of the molecule is CCN(CC)c1cc(C)nc2ncnn12.CCO. The maximum atomic E-state index is 7.57. The van der Waals surface area contributed by atoms with Gasteiger partial charge >= 0.3 is 0 Å². The smallest absolute Gasteiger partial charge is 0.254 e. The van der Waals surface area contributed by atoms with Gasteiger partial charge in [0, 0.05) is 31.5 Å². The quantitative estimate of drug-likeness (QED) is 0.890. The third-order valence-corrected chi connectivity index (χ3v) is 2.45. The van der Waals surface area contributed by atoms with Gasteiger partial charge in [-0.1, -0.05) is 0 Å². The van der Waals surface area contributed by atoms with Crippen molar-refractivity contribution in [1.29, 1.82) is 0 Å². The zero-order chi connectivity index (χ0) is 13.5. The first-order chi connectivity index (χ1) is 8.67. The molecule has 0 atom stereocenters. The molecule has 0 aromatic carbocycles. The lowest BCUT2D eigenvalue weighted by Crippen LogP contribution is -2.25. The summed E-state index contributed by atoms with van der Waals surface area (Å²) in [7, 11) is 0. The molecule has 6 nitrogen and oxygen atoms in total. The van der Waals surface area contributed by atoms with Gasteiger partial charge in [-0.05, 0) is 27.7 Å². The van der Waals surface area contributed by atoms with Crippen molar-refractivity contribution in [2.75, 3.05) is 24.6 Å². The first kappa shape index (κ1) is 14.4. The van der Waals surface area contributed by atoms with Gasteiger partial charge in [-0.15, -0.1) is 0 Å². The van der Waals surface area contributed by atoms with E-state index in [1.165, 1.54) is 6.33 Å². The Morgan fingerprint density at radius 2 is 1.89 bits per heavy atom. The fraction of sp³-hybridized carbons (Fsp3) is 0.583. The number of aromatic nitrogens is 4. The number of aryl methyl sites for hydroxylation is 1. The van der Waals surface area contributed by atoms with Gasteiger partial charge in [0.2, 0.25) is 0 Å². The fourth-order valence-electron chi connectivity index (χ4n) is 1.68. The second kappa shape index (κ2) is 6.90. The lowest BCUT2D eigenvalue weighted by atomic mass is 10.4. The summed E-state index contributed by atoms with van der Waals surface area (Å²) in [5, 5.41) is 11.7. The van der Waals surface area contributed by atoms with Gasteiger partial charge in [0.15, 0.2) is 0 Å². The normalized spacial score (nSPS) is 10.1. The van der Waals surface area contributed by atoms with Crippen molar-refractivity contribution in [3.8, 4) is 0 Å². The van der Waals surface area contributed by atoms with E-state index in [4.69, 9.17) is 5.11 Å². The zero-order valence-electron chi connectivity index (χ0n) is 11.5. The molecule has 100 valence electrons. The van der Waals surface area contributed by atoms with Crippen LogP contribution < -0.4 is 4.90 Å². The Morgan fingerprint density at radius 3 is 2.44 bits per heavy atom. The molecule has 2 aromatic heterocycles. The molecule has 0 aliphatic heterocycles. The lowest BCUT2D eigenvalue weighted by Gasteiger charge is -2.21. The average molecular weight is 251 g/mol. The van der Waals surface area contributed by atoms with Gasteiger partial charge in [-0.3, -0.25) is 0 Å². The molecule has 0 radical (unpaired) electrons. The van der Waals surface area contributed by atoms with Gasteiger partial charge in [0.1, 0.15) is 12.1 Å². The van der Waals surface area contributed by atoms with Crippen LogP contribution in [0.15, 0.2) is 12.4 Å². The summed E-state index contributed by atoms with van der Waals surface area (Å²) in [5.74, 6) is 1.72. The van der Waals surface area contributed by atoms with Gasteiger partial charge in [0.25, 0.3) is 5.78 Å². The van der Waals surface area contributed by atoms with Crippen molar-refractivity contribution < 1.29 is 5.11 Å². The van der Waals surface area contributed by atoms with E-state index in [0.717, 1.165) is 24.6 Å². The molecule has 0 unspecified atom stereocenters. The van der Waals surface area contributed by atoms with Gasteiger partial charge in [-0.2, -0.15) is 14.6 Å². The van der Waals surface area contributed by atoms with Crippen LogP contribution in [0.1, 0.15) is 26.5 Å². The van der Waals surface area contributed by atoms with E-state index in [1.54, 1.807) is 11.4 Å².